The molecular weight excluding hydrogens is 323 g/mol. The smallest absolute Gasteiger partial charge is 0.220 e. The van der Waals surface area contributed by atoms with Gasteiger partial charge in [-0.1, -0.05) is 12.5 Å². The van der Waals surface area contributed by atoms with Gasteiger partial charge in [0.2, 0.25) is 11.9 Å². The van der Waals surface area contributed by atoms with E-state index >= 15 is 0 Å². The number of nitrogens with zero attached hydrogens (tertiary/aromatic N) is 3. The van der Waals surface area contributed by atoms with E-state index in [4.69, 9.17) is 16.2 Å². The quantitative estimate of drug-likeness (QED) is 0.707. The first-order valence-corrected chi connectivity index (χ1v) is 8.58. The zero-order chi connectivity index (χ0) is 17.9. The van der Waals surface area contributed by atoms with Gasteiger partial charge in [0.1, 0.15) is 11.5 Å². The lowest BCUT2D eigenvalue weighted by molar-refractivity contribution is 0.210. The Kier molecular flexibility index (Phi) is 5.08. The maximum absolute atomic E-state index is 14.5. The highest BCUT2D eigenvalue weighted by molar-refractivity contribution is 6.07. The SMILES string of the molecule is COCCNc1c(F)cccc1N1C(N)=NC(N)=NC12CCCCC2. The Morgan fingerprint density at radius 2 is 2.04 bits per heavy atom. The molecule has 0 bridgehead atoms. The lowest BCUT2D eigenvalue weighted by Gasteiger charge is -2.46. The fourth-order valence-corrected chi connectivity index (χ4v) is 3.62. The maximum atomic E-state index is 14.5. The largest absolute Gasteiger partial charge is 0.383 e. The Morgan fingerprint density at radius 1 is 1.28 bits per heavy atom. The van der Waals surface area contributed by atoms with Crippen LogP contribution in [0, 0.1) is 5.82 Å². The lowest BCUT2D eigenvalue weighted by Crippen LogP contribution is -2.58. The minimum atomic E-state index is -0.598. The standard InChI is InChI=1S/C17H25FN6O/c1-25-11-10-21-14-12(18)6-5-7-13(14)24-16(20)22-15(19)23-17(24)8-3-2-4-9-17/h5-7,21H,2-4,8-11H2,1H3,(H4,19,20,22,23). The number of benzene rings is 1. The van der Waals surface area contributed by atoms with Crippen molar-refractivity contribution in [1.82, 2.24) is 0 Å². The van der Waals surface area contributed by atoms with Gasteiger partial charge >= 0.3 is 0 Å². The van der Waals surface area contributed by atoms with E-state index in [1.807, 2.05) is 11.0 Å². The van der Waals surface area contributed by atoms with Crippen LogP contribution in [-0.2, 0) is 4.74 Å². The first-order valence-electron chi connectivity index (χ1n) is 8.58. The molecule has 8 heteroatoms. The summed E-state index contributed by atoms with van der Waals surface area (Å²) in [6.07, 6.45) is 4.78. The van der Waals surface area contributed by atoms with Gasteiger partial charge in [-0.2, -0.15) is 4.99 Å². The van der Waals surface area contributed by atoms with E-state index in [0.29, 0.717) is 24.5 Å². The Bertz CT molecular complexity index is 684. The minimum Gasteiger partial charge on any atom is -0.383 e. The second-order valence-electron chi connectivity index (χ2n) is 6.37. The average molecular weight is 348 g/mol. The molecule has 0 atom stereocenters. The Labute approximate surface area is 146 Å². The van der Waals surface area contributed by atoms with E-state index in [-0.39, 0.29) is 17.7 Å². The molecule has 3 rings (SSSR count). The van der Waals surface area contributed by atoms with E-state index in [9.17, 15) is 4.39 Å². The Hall–Kier alpha value is -2.35. The summed E-state index contributed by atoms with van der Waals surface area (Å²) in [6.45, 7) is 0.946. The van der Waals surface area contributed by atoms with Crippen molar-refractivity contribution in [3.8, 4) is 0 Å². The summed E-state index contributed by atoms with van der Waals surface area (Å²) >= 11 is 0. The first kappa shape index (κ1) is 17.5. The van der Waals surface area contributed by atoms with Gasteiger partial charge in [0.15, 0.2) is 0 Å². The molecule has 0 amide bonds. The first-order chi connectivity index (χ1) is 12.1. The monoisotopic (exact) mass is 348 g/mol. The van der Waals surface area contributed by atoms with Crippen LogP contribution in [-0.4, -0.2) is 37.8 Å². The van der Waals surface area contributed by atoms with Crippen molar-refractivity contribution in [3.63, 3.8) is 0 Å². The van der Waals surface area contributed by atoms with E-state index in [2.05, 4.69) is 15.3 Å². The zero-order valence-electron chi connectivity index (χ0n) is 14.5. The van der Waals surface area contributed by atoms with Crippen molar-refractivity contribution in [3.05, 3.63) is 24.0 Å². The highest BCUT2D eigenvalue weighted by Crippen LogP contribution is 2.42. The number of methoxy groups -OCH3 is 1. The number of para-hydroxylation sites is 1. The number of nitrogens with one attached hydrogen (secondary N) is 1. The van der Waals surface area contributed by atoms with E-state index in [1.165, 1.54) is 6.07 Å². The molecule has 1 spiro atoms. The summed E-state index contributed by atoms with van der Waals surface area (Å²) in [5, 5.41) is 3.10. The number of anilines is 2. The van der Waals surface area contributed by atoms with Gasteiger partial charge in [-0.3, -0.25) is 4.90 Å². The van der Waals surface area contributed by atoms with Gasteiger partial charge in [-0.25, -0.2) is 9.38 Å². The third kappa shape index (κ3) is 3.39. The molecule has 136 valence electrons. The van der Waals surface area contributed by atoms with E-state index in [1.54, 1.807) is 13.2 Å². The van der Waals surface area contributed by atoms with Gasteiger partial charge in [-0.15, -0.1) is 0 Å². The topological polar surface area (TPSA) is 101 Å². The number of ether oxygens (including phenoxy) is 1. The summed E-state index contributed by atoms with van der Waals surface area (Å²) in [5.41, 5.74) is 12.5. The fourth-order valence-electron chi connectivity index (χ4n) is 3.62. The number of guanidine groups is 2. The van der Waals surface area contributed by atoms with Crippen LogP contribution >= 0.6 is 0 Å². The summed E-state index contributed by atoms with van der Waals surface area (Å²) in [6, 6.07) is 4.91. The van der Waals surface area contributed by atoms with Crippen molar-refractivity contribution in [2.75, 3.05) is 30.5 Å². The second-order valence-corrected chi connectivity index (χ2v) is 6.37. The van der Waals surface area contributed by atoms with Crippen LogP contribution < -0.4 is 21.7 Å². The molecule has 1 saturated carbocycles. The summed E-state index contributed by atoms with van der Waals surface area (Å²) in [4.78, 5) is 10.6. The Morgan fingerprint density at radius 3 is 2.76 bits per heavy atom. The summed E-state index contributed by atoms with van der Waals surface area (Å²) in [7, 11) is 1.60. The molecule has 1 aromatic carbocycles. The van der Waals surface area contributed by atoms with E-state index in [0.717, 1.165) is 32.1 Å². The predicted molar refractivity (Wildman–Crippen MR) is 98.3 cm³/mol. The highest BCUT2D eigenvalue weighted by atomic mass is 19.1. The number of rotatable bonds is 5. The van der Waals surface area contributed by atoms with Crippen molar-refractivity contribution in [2.45, 2.75) is 37.8 Å². The number of halogens is 1. The van der Waals surface area contributed by atoms with Crippen molar-refractivity contribution < 1.29 is 9.13 Å². The van der Waals surface area contributed by atoms with Gasteiger partial charge in [0, 0.05) is 13.7 Å². The summed E-state index contributed by atoms with van der Waals surface area (Å²) < 4.78 is 19.6. The number of hydrogen-bond donors (Lipinski definition) is 3. The molecule has 0 radical (unpaired) electrons. The van der Waals surface area contributed by atoms with Gasteiger partial charge in [0.25, 0.3) is 0 Å². The molecule has 0 unspecified atom stereocenters. The minimum absolute atomic E-state index is 0.181. The molecule has 0 saturated heterocycles. The van der Waals surface area contributed by atoms with Crippen LogP contribution in [0.2, 0.25) is 0 Å². The lowest BCUT2D eigenvalue weighted by atomic mass is 9.87. The van der Waals surface area contributed by atoms with Crippen LogP contribution in [0.15, 0.2) is 28.2 Å². The van der Waals surface area contributed by atoms with Gasteiger partial charge in [0.05, 0.1) is 18.0 Å². The molecule has 1 fully saturated rings. The normalized spacial score (nSPS) is 19.5. The van der Waals surface area contributed by atoms with Crippen LogP contribution in [0.3, 0.4) is 0 Å². The third-order valence-corrected chi connectivity index (χ3v) is 4.69. The molecule has 1 heterocycles. The van der Waals surface area contributed by atoms with E-state index < -0.39 is 5.66 Å². The summed E-state index contributed by atoms with van der Waals surface area (Å²) in [5.74, 6) is 0.0747. The van der Waals surface area contributed by atoms with Gasteiger partial charge < -0.3 is 21.5 Å². The molecule has 1 aliphatic carbocycles. The van der Waals surface area contributed by atoms with Crippen molar-refractivity contribution in [2.24, 2.45) is 21.5 Å². The van der Waals surface area contributed by atoms with Crippen LogP contribution in [0.5, 0.6) is 0 Å². The van der Waals surface area contributed by atoms with Crippen molar-refractivity contribution in [1.29, 1.82) is 0 Å². The molecule has 1 aliphatic heterocycles. The molecule has 5 N–H and O–H groups in total. The van der Waals surface area contributed by atoms with Crippen molar-refractivity contribution >= 4 is 23.3 Å². The molecule has 2 aliphatic rings. The molecule has 7 nitrogen and oxygen atoms in total. The van der Waals surface area contributed by atoms with Crippen LogP contribution in [0.1, 0.15) is 32.1 Å². The highest BCUT2D eigenvalue weighted by Gasteiger charge is 2.43. The number of aliphatic imine (C=N–C) groups is 2. The predicted octanol–water partition coefficient (Wildman–Crippen LogP) is 1.99. The van der Waals surface area contributed by atoms with Crippen LogP contribution in [0.25, 0.3) is 0 Å². The number of hydrogen-bond acceptors (Lipinski definition) is 7. The van der Waals surface area contributed by atoms with Gasteiger partial charge in [-0.05, 0) is 37.8 Å². The molecular formula is C17H25FN6O. The zero-order valence-corrected chi connectivity index (χ0v) is 14.5. The molecule has 1 aromatic rings. The van der Waals surface area contributed by atoms with Crippen LogP contribution in [0.4, 0.5) is 15.8 Å². The third-order valence-electron chi connectivity index (χ3n) is 4.69. The second kappa shape index (κ2) is 7.26. The fraction of sp³-hybridized carbons (Fsp3) is 0.529. The Balaban J connectivity index is 2.04. The number of nitrogens with two attached hydrogens (primary N) is 2. The molecule has 0 aromatic heterocycles. The molecule has 25 heavy (non-hydrogen) atoms. The average Bonchev–Trinajstić information content (AvgIpc) is 2.57. The maximum Gasteiger partial charge on any atom is 0.220 e.